The van der Waals surface area contributed by atoms with Crippen molar-refractivity contribution in [2.45, 2.75) is 38.0 Å². The number of nitrogens with two attached hydrogens (primary N) is 1. The van der Waals surface area contributed by atoms with Gasteiger partial charge in [0.15, 0.2) is 6.04 Å². The summed E-state index contributed by atoms with van der Waals surface area (Å²) in [6.45, 7) is 3.77. The third-order valence-corrected chi connectivity index (χ3v) is 6.69. The molecule has 1 fully saturated rings. The number of hydrogen-bond acceptors (Lipinski definition) is 3. The normalized spacial score (nSPS) is 24.1. The van der Waals surface area contributed by atoms with Gasteiger partial charge in [-0.05, 0) is 24.6 Å². The standard InChI is InChI=1S/C22H25Cl2N3O3/c1-14(28)26-22(2,16-6-4-3-5-7-16)20(15-8-9-18(23)19(24)12-15)27(21(25)30)11-10-17(29)13-27/h3-9,12,17,20,29H,10-11,13H2,1-2H3,(H2-,25,26,28,30)/p+1/t17-,20?,22-,27?/m0/s1. The molecule has 3 amide bonds. The molecule has 0 spiro atoms. The summed E-state index contributed by atoms with van der Waals surface area (Å²) in [5.41, 5.74) is 6.43. The van der Waals surface area contributed by atoms with Crippen LogP contribution in [0.1, 0.15) is 37.4 Å². The molecule has 160 valence electrons. The highest BCUT2D eigenvalue weighted by Gasteiger charge is 2.57. The van der Waals surface area contributed by atoms with E-state index in [-0.39, 0.29) is 16.9 Å². The molecule has 0 radical (unpaired) electrons. The van der Waals surface area contributed by atoms with Crippen LogP contribution in [0.2, 0.25) is 10.0 Å². The summed E-state index contributed by atoms with van der Waals surface area (Å²) in [6, 6.07) is 13.3. The Bertz CT molecular complexity index is 956. The van der Waals surface area contributed by atoms with E-state index in [1.807, 2.05) is 37.3 Å². The molecule has 30 heavy (non-hydrogen) atoms. The highest BCUT2D eigenvalue weighted by Crippen LogP contribution is 2.47. The SMILES string of the molecule is CC(=O)N[C@@](C)(c1ccccc1)C(c1ccc(Cl)c(Cl)c1)[N+]1(C(N)=O)CC[C@H](O)C1. The van der Waals surface area contributed by atoms with Crippen LogP contribution < -0.4 is 11.1 Å². The predicted octanol–water partition coefficient (Wildman–Crippen LogP) is 3.75. The summed E-state index contributed by atoms with van der Waals surface area (Å²) >= 11 is 12.5. The molecule has 1 heterocycles. The van der Waals surface area contributed by atoms with E-state index >= 15 is 0 Å². The molecule has 1 saturated heterocycles. The van der Waals surface area contributed by atoms with E-state index in [0.29, 0.717) is 28.6 Å². The molecule has 2 unspecified atom stereocenters. The van der Waals surface area contributed by atoms with Crippen LogP contribution in [0.25, 0.3) is 0 Å². The quantitative estimate of drug-likeness (QED) is 0.605. The largest absolute Gasteiger partial charge is 0.414 e. The van der Waals surface area contributed by atoms with Gasteiger partial charge in [-0.1, -0.05) is 59.6 Å². The molecule has 8 heteroatoms. The molecule has 6 nitrogen and oxygen atoms in total. The van der Waals surface area contributed by atoms with E-state index < -0.39 is 23.7 Å². The number of urea groups is 1. The minimum atomic E-state index is -1.02. The molecule has 0 aliphatic carbocycles. The number of aliphatic hydroxyl groups is 1. The zero-order chi connectivity index (χ0) is 22.1. The number of carbonyl (C=O) groups is 2. The van der Waals surface area contributed by atoms with Crippen LogP contribution in [0.4, 0.5) is 4.79 Å². The predicted molar refractivity (Wildman–Crippen MR) is 117 cm³/mol. The number of halogens is 2. The van der Waals surface area contributed by atoms with E-state index in [0.717, 1.165) is 5.56 Å². The number of carbonyl (C=O) groups excluding carboxylic acids is 2. The summed E-state index contributed by atoms with van der Waals surface area (Å²) in [5.74, 6) is -0.256. The first-order valence-electron chi connectivity index (χ1n) is 9.74. The number of amides is 3. The van der Waals surface area contributed by atoms with Crippen molar-refractivity contribution >= 4 is 35.1 Å². The first-order chi connectivity index (χ1) is 14.1. The van der Waals surface area contributed by atoms with E-state index in [9.17, 15) is 14.7 Å². The summed E-state index contributed by atoms with van der Waals surface area (Å²) in [7, 11) is 0. The van der Waals surface area contributed by atoms with Crippen LogP contribution in [-0.4, -0.2) is 40.7 Å². The lowest BCUT2D eigenvalue weighted by Gasteiger charge is -2.47. The molecule has 4 N–H and O–H groups in total. The van der Waals surface area contributed by atoms with Crippen LogP contribution in [-0.2, 0) is 10.3 Å². The van der Waals surface area contributed by atoms with E-state index in [1.54, 1.807) is 18.2 Å². The summed E-state index contributed by atoms with van der Waals surface area (Å²) < 4.78 is -0.217. The summed E-state index contributed by atoms with van der Waals surface area (Å²) in [5, 5.41) is 14.1. The number of likely N-dealkylation sites (tertiary alicyclic amines) is 1. The van der Waals surface area contributed by atoms with Gasteiger partial charge in [0.25, 0.3) is 0 Å². The van der Waals surface area contributed by atoms with Gasteiger partial charge >= 0.3 is 6.03 Å². The van der Waals surface area contributed by atoms with Gasteiger partial charge in [-0.15, -0.1) is 0 Å². The number of quaternary nitrogens is 1. The zero-order valence-corrected chi connectivity index (χ0v) is 18.5. The van der Waals surface area contributed by atoms with Crippen LogP contribution in [0.3, 0.4) is 0 Å². The fourth-order valence-electron chi connectivity index (χ4n) is 4.74. The number of nitrogens with zero attached hydrogens (tertiary/aromatic N) is 1. The number of primary amides is 1. The van der Waals surface area contributed by atoms with Crippen LogP contribution in [0.15, 0.2) is 48.5 Å². The highest BCUT2D eigenvalue weighted by atomic mass is 35.5. The number of nitrogens with one attached hydrogen (secondary N) is 1. The van der Waals surface area contributed by atoms with E-state index in [1.165, 1.54) is 6.92 Å². The van der Waals surface area contributed by atoms with Crippen molar-refractivity contribution in [3.8, 4) is 0 Å². The van der Waals surface area contributed by atoms with Gasteiger partial charge in [-0.3, -0.25) is 4.79 Å². The van der Waals surface area contributed by atoms with E-state index in [2.05, 4.69) is 5.32 Å². The second kappa shape index (κ2) is 8.55. The molecule has 1 aliphatic heterocycles. The molecular formula is C22H26Cl2N3O3+. The average molecular weight is 451 g/mol. The zero-order valence-electron chi connectivity index (χ0n) is 16.9. The number of benzene rings is 2. The smallest absolute Gasteiger partial charge is 0.387 e. The van der Waals surface area contributed by atoms with Gasteiger partial charge in [0, 0.05) is 18.9 Å². The van der Waals surface area contributed by atoms with Crippen molar-refractivity contribution in [1.29, 1.82) is 0 Å². The van der Waals surface area contributed by atoms with Gasteiger partial charge in [-0.2, -0.15) is 0 Å². The van der Waals surface area contributed by atoms with Crippen molar-refractivity contribution in [2.24, 2.45) is 5.73 Å². The lowest BCUT2D eigenvalue weighted by atomic mass is 9.78. The van der Waals surface area contributed by atoms with E-state index in [4.69, 9.17) is 28.9 Å². The Morgan fingerprint density at radius 2 is 1.87 bits per heavy atom. The Balaban J connectivity index is 2.32. The summed E-state index contributed by atoms with van der Waals surface area (Å²) in [4.78, 5) is 25.2. The number of aliphatic hydroxyl groups excluding tert-OH is 1. The van der Waals surface area contributed by atoms with Gasteiger partial charge in [0.1, 0.15) is 18.2 Å². The number of hydrogen-bond donors (Lipinski definition) is 3. The van der Waals surface area contributed by atoms with Gasteiger partial charge < -0.3 is 16.2 Å². The number of rotatable bonds is 5. The fraction of sp³-hybridized carbons (Fsp3) is 0.364. The molecule has 0 bridgehead atoms. The van der Waals surface area contributed by atoms with Crippen molar-refractivity contribution in [2.75, 3.05) is 13.1 Å². The lowest BCUT2D eigenvalue weighted by Crippen LogP contribution is -2.64. The maximum atomic E-state index is 12.9. The molecule has 0 aromatic heterocycles. The Hall–Kier alpha value is -2.12. The van der Waals surface area contributed by atoms with Crippen LogP contribution >= 0.6 is 23.2 Å². The van der Waals surface area contributed by atoms with Gasteiger partial charge in [0.2, 0.25) is 5.91 Å². The molecule has 3 rings (SSSR count). The van der Waals surface area contributed by atoms with Crippen molar-refractivity contribution in [1.82, 2.24) is 5.32 Å². The highest BCUT2D eigenvalue weighted by molar-refractivity contribution is 6.42. The minimum Gasteiger partial charge on any atom is -0.387 e. The molecular weight excluding hydrogens is 425 g/mol. The maximum absolute atomic E-state index is 12.9. The second-order valence-electron chi connectivity index (χ2n) is 8.05. The second-order valence-corrected chi connectivity index (χ2v) is 8.86. The topological polar surface area (TPSA) is 92.4 Å². The third-order valence-electron chi connectivity index (χ3n) is 5.95. The third kappa shape index (κ3) is 4.05. The minimum absolute atomic E-state index is 0.141. The molecule has 0 saturated carbocycles. The van der Waals surface area contributed by atoms with Gasteiger partial charge in [-0.25, -0.2) is 9.28 Å². The molecule has 2 aromatic carbocycles. The monoisotopic (exact) mass is 450 g/mol. The van der Waals surface area contributed by atoms with Crippen molar-refractivity contribution in [3.05, 3.63) is 69.7 Å². The lowest BCUT2D eigenvalue weighted by molar-refractivity contribution is -0.876. The molecule has 1 aliphatic rings. The van der Waals surface area contributed by atoms with Gasteiger partial charge in [0.05, 0.1) is 16.6 Å². The van der Waals surface area contributed by atoms with Crippen LogP contribution in [0, 0.1) is 0 Å². The van der Waals surface area contributed by atoms with Crippen molar-refractivity contribution < 1.29 is 19.2 Å². The van der Waals surface area contributed by atoms with Crippen LogP contribution in [0.5, 0.6) is 0 Å². The fourth-order valence-corrected chi connectivity index (χ4v) is 5.05. The Kier molecular flexibility index (Phi) is 6.43. The molecule has 2 aromatic rings. The Labute approximate surface area is 186 Å². The Morgan fingerprint density at radius 1 is 1.20 bits per heavy atom. The average Bonchev–Trinajstić information content (AvgIpc) is 3.07. The van der Waals surface area contributed by atoms with Crippen molar-refractivity contribution in [3.63, 3.8) is 0 Å². The first kappa shape index (κ1) is 22.6. The maximum Gasteiger partial charge on any atom is 0.414 e. The Morgan fingerprint density at radius 3 is 2.37 bits per heavy atom. The molecule has 4 atom stereocenters. The first-order valence-corrected chi connectivity index (χ1v) is 10.5. The summed E-state index contributed by atoms with van der Waals surface area (Å²) in [6.07, 6.45) is -0.258.